The smallest absolute Gasteiger partial charge is 0.254 e. The minimum atomic E-state index is -0.154. The van der Waals surface area contributed by atoms with Crippen LogP contribution < -0.4 is 10.6 Å². The number of carbonyl (C=O) groups is 2. The van der Waals surface area contributed by atoms with E-state index in [9.17, 15) is 9.59 Å². The fraction of sp³-hybridized carbons (Fsp3) is 0.333. The number of morpholine rings is 1. The number of nitrogens with one attached hydrogen (secondary N) is 2. The Morgan fingerprint density at radius 1 is 1.08 bits per heavy atom. The first-order chi connectivity index (χ1) is 12.2. The number of furan rings is 1. The molecule has 0 spiro atoms. The van der Waals surface area contributed by atoms with E-state index < -0.39 is 0 Å². The Labute approximate surface area is 145 Å². The summed E-state index contributed by atoms with van der Waals surface area (Å²) in [5.74, 6) is 0.610. The maximum Gasteiger partial charge on any atom is 0.254 e. The van der Waals surface area contributed by atoms with Gasteiger partial charge >= 0.3 is 0 Å². The van der Waals surface area contributed by atoms with Crippen molar-refractivity contribution in [2.45, 2.75) is 6.54 Å². The van der Waals surface area contributed by atoms with Gasteiger partial charge in [-0.2, -0.15) is 0 Å². The van der Waals surface area contributed by atoms with Crippen LogP contribution in [0.4, 0.5) is 5.69 Å². The third-order valence-corrected chi connectivity index (χ3v) is 3.88. The molecule has 25 heavy (non-hydrogen) atoms. The molecule has 1 saturated heterocycles. The second-order valence-corrected chi connectivity index (χ2v) is 5.71. The summed E-state index contributed by atoms with van der Waals surface area (Å²) in [6.07, 6.45) is 1.59. The first kappa shape index (κ1) is 17.2. The van der Waals surface area contributed by atoms with Crippen LogP contribution in [0.3, 0.4) is 0 Å². The zero-order valence-corrected chi connectivity index (χ0v) is 13.9. The van der Waals surface area contributed by atoms with Gasteiger partial charge in [0.25, 0.3) is 5.91 Å². The van der Waals surface area contributed by atoms with Crippen LogP contribution in [0.25, 0.3) is 0 Å². The Balaban J connectivity index is 1.46. The minimum Gasteiger partial charge on any atom is -0.468 e. The number of amides is 2. The number of rotatable bonds is 6. The van der Waals surface area contributed by atoms with Crippen molar-refractivity contribution >= 4 is 17.5 Å². The van der Waals surface area contributed by atoms with Gasteiger partial charge in [0.15, 0.2) is 0 Å². The summed E-state index contributed by atoms with van der Waals surface area (Å²) in [7, 11) is 0. The van der Waals surface area contributed by atoms with Gasteiger partial charge in [0.2, 0.25) is 5.91 Å². The lowest BCUT2D eigenvalue weighted by atomic mass is 10.1. The molecular weight excluding hydrogens is 322 g/mol. The maximum absolute atomic E-state index is 12.4. The second-order valence-electron chi connectivity index (χ2n) is 5.71. The summed E-state index contributed by atoms with van der Waals surface area (Å²) < 4.78 is 10.4. The van der Waals surface area contributed by atoms with E-state index >= 15 is 0 Å². The van der Waals surface area contributed by atoms with E-state index in [2.05, 4.69) is 10.6 Å². The molecule has 7 heteroatoms. The molecule has 132 valence electrons. The van der Waals surface area contributed by atoms with Crippen molar-refractivity contribution in [3.63, 3.8) is 0 Å². The van der Waals surface area contributed by atoms with Gasteiger partial charge in [0.05, 0.1) is 32.6 Å². The van der Waals surface area contributed by atoms with E-state index in [-0.39, 0.29) is 18.4 Å². The average molecular weight is 343 g/mol. The summed E-state index contributed by atoms with van der Waals surface area (Å²) in [5.41, 5.74) is 1.26. The van der Waals surface area contributed by atoms with Crippen LogP contribution in [-0.2, 0) is 16.1 Å². The fourth-order valence-electron chi connectivity index (χ4n) is 2.56. The van der Waals surface area contributed by atoms with Crippen molar-refractivity contribution in [2.75, 3.05) is 38.2 Å². The van der Waals surface area contributed by atoms with Crippen LogP contribution in [0.5, 0.6) is 0 Å². The molecule has 0 saturated carbocycles. The highest BCUT2D eigenvalue weighted by molar-refractivity contribution is 5.96. The van der Waals surface area contributed by atoms with E-state index in [1.807, 2.05) is 6.07 Å². The first-order valence-electron chi connectivity index (χ1n) is 8.22. The van der Waals surface area contributed by atoms with Gasteiger partial charge in [-0.05, 0) is 36.4 Å². The van der Waals surface area contributed by atoms with Crippen molar-refractivity contribution in [3.8, 4) is 0 Å². The van der Waals surface area contributed by atoms with Gasteiger partial charge in [0, 0.05) is 24.3 Å². The largest absolute Gasteiger partial charge is 0.468 e. The molecular formula is C18H21N3O4. The van der Waals surface area contributed by atoms with Gasteiger partial charge in [-0.15, -0.1) is 0 Å². The lowest BCUT2D eigenvalue weighted by Crippen LogP contribution is -2.40. The third kappa shape index (κ3) is 4.91. The highest BCUT2D eigenvalue weighted by Crippen LogP contribution is 2.12. The summed E-state index contributed by atoms with van der Waals surface area (Å²) in [4.78, 5) is 26.0. The molecule has 3 rings (SSSR count). The molecule has 2 aromatic rings. The molecule has 2 amide bonds. The average Bonchev–Trinajstić information content (AvgIpc) is 3.16. The zero-order chi connectivity index (χ0) is 17.5. The zero-order valence-electron chi connectivity index (χ0n) is 13.9. The Hall–Kier alpha value is -2.64. The molecule has 1 aliphatic rings. The SMILES string of the molecule is O=C(CNCc1ccco1)Nc1ccc(C(=O)N2CCOCC2)cc1. The lowest BCUT2D eigenvalue weighted by Gasteiger charge is -2.26. The van der Waals surface area contributed by atoms with Crippen molar-refractivity contribution in [1.29, 1.82) is 0 Å². The molecule has 1 fully saturated rings. The van der Waals surface area contributed by atoms with Crippen LogP contribution >= 0.6 is 0 Å². The Morgan fingerprint density at radius 3 is 2.52 bits per heavy atom. The number of hydrogen-bond donors (Lipinski definition) is 2. The molecule has 1 aromatic heterocycles. The standard InChI is InChI=1S/C18H21N3O4/c22-17(13-19-12-16-2-1-9-25-16)20-15-5-3-14(4-6-15)18(23)21-7-10-24-11-8-21/h1-6,9,19H,7-8,10-13H2,(H,20,22). The Bertz CT molecular complexity index is 692. The number of ether oxygens (including phenoxy) is 1. The quantitative estimate of drug-likeness (QED) is 0.830. The van der Waals surface area contributed by atoms with Gasteiger partial charge in [0.1, 0.15) is 5.76 Å². The number of benzene rings is 1. The fourth-order valence-corrected chi connectivity index (χ4v) is 2.56. The number of hydrogen-bond acceptors (Lipinski definition) is 5. The van der Waals surface area contributed by atoms with Crippen LogP contribution in [0.2, 0.25) is 0 Å². The van der Waals surface area contributed by atoms with Gasteiger partial charge in [-0.25, -0.2) is 0 Å². The summed E-state index contributed by atoms with van der Waals surface area (Å²) >= 11 is 0. The molecule has 7 nitrogen and oxygen atoms in total. The van der Waals surface area contributed by atoms with Crippen molar-refractivity contribution in [2.24, 2.45) is 0 Å². The van der Waals surface area contributed by atoms with E-state index in [0.29, 0.717) is 44.1 Å². The summed E-state index contributed by atoms with van der Waals surface area (Å²) in [5, 5.41) is 5.79. The second kappa shape index (κ2) is 8.46. The number of anilines is 1. The van der Waals surface area contributed by atoms with Crippen LogP contribution in [0.15, 0.2) is 47.1 Å². The molecule has 2 N–H and O–H groups in total. The first-order valence-corrected chi connectivity index (χ1v) is 8.22. The molecule has 0 atom stereocenters. The van der Waals surface area contributed by atoms with Crippen molar-refractivity contribution < 1.29 is 18.7 Å². The predicted molar refractivity (Wildman–Crippen MR) is 92.2 cm³/mol. The van der Waals surface area contributed by atoms with E-state index in [1.54, 1.807) is 41.5 Å². The molecule has 0 bridgehead atoms. The predicted octanol–water partition coefficient (Wildman–Crippen LogP) is 1.48. The van der Waals surface area contributed by atoms with Gasteiger partial charge in [-0.1, -0.05) is 0 Å². The Morgan fingerprint density at radius 2 is 1.84 bits per heavy atom. The minimum absolute atomic E-state index is 0.0127. The van der Waals surface area contributed by atoms with Crippen LogP contribution in [0.1, 0.15) is 16.1 Å². The summed E-state index contributed by atoms with van der Waals surface area (Å²) in [6, 6.07) is 10.6. The van der Waals surface area contributed by atoms with E-state index in [0.717, 1.165) is 5.76 Å². The lowest BCUT2D eigenvalue weighted by molar-refractivity contribution is -0.115. The van der Waals surface area contributed by atoms with Gasteiger partial charge < -0.3 is 24.7 Å². The number of carbonyl (C=O) groups excluding carboxylic acids is 2. The molecule has 0 unspecified atom stereocenters. The molecule has 0 aliphatic carbocycles. The van der Waals surface area contributed by atoms with Crippen LogP contribution in [-0.4, -0.2) is 49.6 Å². The highest BCUT2D eigenvalue weighted by Gasteiger charge is 2.18. The molecule has 1 aliphatic heterocycles. The highest BCUT2D eigenvalue weighted by atomic mass is 16.5. The van der Waals surface area contributed by atoms with E-state index in [4.69, 9.17) is 9.15 Å². The van der Waals surface area contributed by atoms with Crippen molar-refractivity contribution in [1.82, 2.24) is 10.2 Å². The van der Waals surface area contributed by atoms with Gasteiger partial charge in [-0.3, -0.25) is 9.59 Å². The topological polar surface area (TPSA) is 83.8 Å². The molecule has 0 radical (unpaired) electrons. The summed E-state index contributed by atoms with van der Waals surface area (Å²) in [6.45, 7) is 3.04. The monoisotopic (exact) mass is 343 g/mol. The maximum atomic E-state index is 12.4. The van der Waals surface area contributed by atoms with E-state index in [1.165, 1.54) is 0 Å². The molecule has 1 aromatic carbocycles. The molecule has 2 heterocycles. The van der Waals surface area contributed by atoms with Crippen LogP contribution in [0, 0.1) is 0 Å². The third-order valence-electron chi connectivity index (χ3n) is 3.88. The number of nitrogens with zero attached hydrogens (tertiary/aromatic N) is 1. The Kier molecular flexibility index (Phi) is 5.81. The van der Waals surface area contributed by atoms with Crippen molar-refractivity contribution in [3.05, 3.63) is 54.0 Å². The normalized spacial score (nSPS) is 14.3.